The predicted molar refractivity (Wildman–Crippen MR) is 115 cm³/mol. The standard InChI is InChI=1S/C23H22F3N5O/c1-4-9-30(16-7-5-6-14(2)11-16)22(32)20-19(28)8-10-31(20)21-17(13-27)18(23(24,25)26)12-15(3)29-21/h1,5-7,11-12,19-20H,8-10,28H2,2-3H3. The molecule has 2 aromatic rings. The third kappa shape index (κ3) is 4.39. The van der Waals surface area contributed by atoms with Gasteiger partial charge in [-0.1, -0.05) is 18.1 Å². The minimum atomic E-state index is -4.74. The highest BCUT2D eigenvalue weighted by Crippen LogP contribution is 2.38. The van der Waals surface area contributed by atoms with Crippen LogP contribution in [0.4, 0.5) is 24.7 Å². The van der Waals surface area contributed by atoms with Crippen molar-refractivity contribution in [1.82, 2.24) is 4.98 Å². The van der Waals surface area contributed by atoms with E-state index >= 15 is 0 Å². The van der Waals surface area contributed by atoms with Crippen LogP contribution in [0.1, 0.15) is 28.8 Å². The molecule has 2 atom stereocenters. The van der Waals surface area contributed by atoms with Crippen LogP contribution in [0.2, 0.25) is 0 Å². The van der Waals surface area contributed by atoms with E-state index in [1.165, 1.54) is 16.7 Å². The van der Waals surface area contributed by atoms with Crippen molar-refractivity contribution in [1.29, 1.82) is 5.26 Å². The largest absolute Gasteiger partial charge is 0.417 e. The normalized spacial score (nSPS) is 18.2. The first-order valence-corrected chi connectivity index (χ1v) is 9.91. The number of hydrogen-bond acceptors (Lipinski definition) is 5. The summed E-state index contributed by atoms with van der Waals surface area (Å²) in [7, 11) is 0. The van der Waals surface area contributed by atoms with Crippen LogP contribution >= 0.6 is 0 Å². The number of amides is 1. The van der Waals surface area contributed by atoms with E-state index in [1.807, 2.05) is 13.0 Å². The van der Waals surface area contributed by atoms with Gasteiger partial charge in [0, 0.05) is 24.0 Å². The number of anilines is 2. The topological polar surface area (TPSA) is 86.2 Å². The Kier molecular flexibility index (Phi) is 6.42. The minimum absolute atomic E-state index is 0.0422. The zero-order valence-electron chi connectivity index (χ0n) is 17.6. The number of pyridine rings is 1. The first-order chi connectivity index (χ1) is 15.1. The Morgan fingerprint density at radius 1 is 1.38 bits per heavy atom. The molecular weight excluding hydrogens is 419 g/mol. The molecule has 0 spiro atoms. The molecule has 1 fully saturated rings. The number of benzene rings is 1. The Hall–Kier alpha value is -3.56. The summed E-state index contributed by atoms with van der Waals surface area (Å²) in [5.41, 5.74) is 6.06. The van der Waals surface area contributed by atoms with E-state index in [1.54, 1.807) is 24.3 Å². The number of rotatable bonds is 4. The molecule has 32 heavy (non-hydrogen) atoms. The van der Waals surface area contributed by atoms with Crippen LogP contribution in [0.3, 0.4) is 0 Å². The monoisotopic (exact) mass is 441 g/mol. The van der Waals surface area contributed by atoms with E-state index in [9.17, 15) is 23.2 Å². The van der Waals surface area contributed by atoms with Crippen molar-refractivity contribution in [3.05, 3.63) is 52.7 Å². The van der Waals surface area contributed by atoms with Crippen molar-refractivity contribution in [3.8, 4) is 18.4 Å². The molecule has 0 radical (unpaired) electrons. The Balaban J connectivity index is 2.10. The van der Waals surface area contributed by atoms with Crippen LogP contribution in [0.25, 0.3) is 0 Å². The average Bonchev–Trinajstić information content (AvgIpc) is 3.11. The summed E-state index contributed by atoms with van der Waals surface area (Å²) < 4.78 is 40.7. The van der Waals surface area contributed by atoms with Gasteiger partial charge in [0.05, 0.1) is 12.1 Å². The zero-order valence-corrected chi connectivity index (χ0v) is 17.6. The van der Waals surface area contributed by atoms with Crippen molar-refractivity contribution in [3.63, 3.8) is 0 Å². The lowest BCUT2D eigenvalue weighted by molar-refractivity contribution is -0.137. The van der Waals surface area contributed by atoms with E-state index in [0.717, 1.165) is 11.6 Å². The maximum atomic E-state index is 13.6. The number of nitrogens with two attached hydrogens (primary N) is 1. The second kappa shape index (κ2) is 8.89. The van der Waals surface area contributed by atoms with E-state index in [0.29, 0.717) is 12.1 Å². The molecule has 1 aromatic heterocycles. The van der Waals surface area contributed by atoms with Crippen LogP contribution in [-0.4, -0.2) is 36.1 Å². The summed E-state index contributed by atoms with van der Waals surface area (Å²) in [4.78, 5) is 20.6. The third-order valence-electron chi connectivity index (χ3n) is 5.34. The van der Waals surface area contributed by atoms with Crippen molar-refractivity contribution < 1.29 is 18.0 Å². The molecule has 1 aliphatic rings. The number of halogens is 3. The number of nitriles is 1. The highest BCUT2D eigenvalue weighted by Gasteiger charge is 2.43. The predicted octanol–water partition coefficient (Wildman–Crippen LogP) is 3.16. The molecule has 0 bridgehead atoms. The maximum absolute atomic E-state index is 13.6. The smallest absolute Gasteiger partial charge is 0.342 e. The highest BCUT2D eigenvalue weighted by atomic mass is 19.4. The van der Waals surface area contributed by atoms with Crippen molar-refractivity contribution in [2.45, 2.75) is 38.5 Å². The zero-order chi connectivity index (χ0) is 23.6. The second-order valence-electron chi connectivity index (χ2n) is 7.68. The van der Waals surface area contributed by atoms with Crippen molar-refractivity contribution >= 4 is 17.4 Å². The molecule has 0 aliphatic carbocycles. The van der Waals surface area contributed by atoms with Crippen LogP contribution in [0.5, 0.6) is 0 Å². The molecule has 1 saturated heterocycles. The number of carbonyl (C=O) groups excluding carboxylic acids is 1. The molecule has 9 heteroatoms. The minimum Gasteiger partial charge on any atom is -0.342 e. The Morgan fingerprint density at radius 3 is 2.69 bits per heavy atom. The molecule has 1 amide bonds. The number of hydrogen-bond donors (Lipinski definition) is 1. The van der Waals surface area contributed by atoms with Gasteiger partial charge >= 0.3 is 6.18 Å². The van der Waals surface area contributed by atoms with E-state index in [2.05, 4.69) is 10.9 Å². The van der Waals surface area contributed by atoms with Gasteiger partial charge in [-0.25, -0.2) is 4.98 Å². The molecule has 2 heterocycles. The number of alkyl halides is 3. The van der Waals surface area contributed by atoms with Gasteiger partial charge in [0.25, 0.3) is 5.91 Å². The number of aromatic nitrogens is 1. The van der Waals surface area contributed by atoms with Gasteiger partial charge < -0.3 is 10.6 Å². The lowest BCUT2D eigenvalue weighted by Gasteiger charge is -2.32. The summed E-state index contributed by atoms with van der Waals surface area (Å²) in [6.45, 7) is 3.41. The molecule has 2 N–H and O–H groups in total. The number of nitrogens with zero attached hydrogens (tertiary/aromatic N) is 4. The molecule has 1 aromatic carbocycles. The second-order valence-corrected chi connectivity index (χ2v) is 7.68. The number of carbonyl (C=O) groups is 1. The van der Waals surface area contributed by atoms with Crippen LogP contribution in [-0.2, 0) is 11.0 Å². The fraction of sp³-hybridized carbons (Fsp3) is 0.348. The Morgan fingerprint density at radius 2 is 2.09 bits per heavy atom. The molecule has 2 unspecified atom stereocenters. The molecule has 3 rings (SSSR count). The molecular formula is C23H22F3N5O. The van der Waals surface area contributed by atoms with E-state index in [4.69, 9.17) is 12.2 Å². The third-order valence-corrected chi connectivity index (χ3v) is 5.34. The van der Waals surface area contributed by atoms with Crippen molar-refractivity contribution in [2.75, 3.05) is 22.9 Å². The lowest BCUT2D eigenvalue weighted by atomic mass is 10.1. The fourth-order valence-electron chi connectivity index (χ4n) is 3.91. The summed E-state index contributed by atoms with van der Waals surface area (Å²) in [5, 5.41) is 9.54. The maximum Gasteiger partial charge on any atom is 0.417 e. The quantitative estimate of drug-likeness (QED) is 0.737. The van der Waals surface area contributed by atoms with Gasteiger partial charge in [-0.3, -0.25) is 9.69 Å². The van der Waals surface area contributed by atoms with Gasteiger partial charge in [-0.15, -0.1) is 6.42 Å². The highest BCUT2D eigenvalue weighted by molar-refractivity contribution is 6.00. The average molecular weight is 441 g/mol. The molecule has 6 nitrogen and oxygen atoms in total. The van der Waals surface area contributed by atoms with Gasteiger partial charge in [0.2, 0.25) is 0 Å². The van der Waals surface area contributed by atoms with Gasteiger partial charge in [0.15, 0.2) is 0 Å². The number of aryl methyl sites for hydroxylation is 2. The first kappa shape index (κ1) is 23.1. The van der Waals surface area contributed by atoms with Gasteiger partial charge in [-0.2, -0.15) is 18.4 Å². The van der Waals surface area contributed by atoms with E-state index < -0.39 is 35.3 Å². The molecule has 1 aliphatic heterocycles. The van der Waals surface area contributed by atoms with E-state index in [-0.39, 0.29) is 24.6 Å². The molecule has 166 valence electrons. The van der Waals surface area contributed by atoms with Crippen LogP contribution in [0, 0.1) is 37.5 Å². The van der Waals surface area contributed by atoms with Crippen LogP contribution < -0.4 is 15.5 Å². The lowest BCUT2D eigenvalue weighted by Crippen LogP contribution is -2.53. The first-order valence-electron chi connectivity index (χ1n) is 9.91. The summed E-state index contributed by atoms with van der Waals surface area (Å²) in [5.74, 6) is 1.79. The SMILES string of the molecule is C#CCN(C(=O)C1C(N)CCN1c1nc(C)cc(C(F)(F)F)c1C#N)c1cccc(C)c1. The van der Waals surface area contributed by atoms with Crippen LogP contribution in [0.15, 0.2) is 30.3 Å². The summed E-state index contributed by atoms with van der Waals surface area (Å²) in [6.07, 6.45) is 1.08. The van der Waals surface area contributed by atoms with Gasteiger partial charge in [-0.05, 0) is 44.0 Å². The fourth-order valence-corrected chi connectivity index (χ4v) is 3.91. The molecule has 0 saturated carbocycles. The Labute approximate surface area is 184 Å². The summed E-state index contributed by atoms with van der Waals surface area (Å²) in [6, 6.07) is 7.90. The van der Waals surface area contributed by atoms with Gasteiger partial charge in [0.1, 0.15) is 23.5 Å². The number of terminal acetylenes is 1. The van der Waals surface area contributed by atoms with Crippen molar-refractivity contribution in [2.24, 2.45) is 5.73 Å². The summed E-state index contributed by atoms with van der Waals surface area (Å²) >= 11 is 0. The Bertz CT molecular complexity index is 1120.